The van der Waals surface area contributed by atoms with Crippen LogP contribution >= 0.6 is 0 Å². The van der Waals surface area contributed by atoms with Crippen molar-refractivity contribution in [2.75, 3.05) is 0 Å². The van der Waals surface area contributed by atoms with Crippen molar-refractivity contribution in [2.24, 2.45) is 11.8 Å². The Morgan fingerprint density at radius 2 is 1.79 bits per heavy atom. The molecule has 0 aromatic heterocycles. The van der Waals surface area contributed by atoms with Gasteiger partial charge in [0.1, 0.15) is 0 Å². The third kappa shape index (κ3) is 3.81. The molecule has 4 heteroatoms. The molecular formula is C15H20N2O2. The Kier molecular flexibility index (Phi) is 4.20. The van der Waals surface area contributed by atoms with Gasteiger partial charge in [-0.25, -0.2) is 0 Å². The van der Waals surface area contributed by atoms with Crippen LogP contribution in [0.1, 0.15) is 25.8 Å². The topological polar surface area (TPSA) is 58.2 Å². The molecule has 0 saturated heterocycles. The van der Waals surface area contributed by atoms with Crippen LogP contribution in [-0.4, -0.2) is 17.9 Å². The van der Waals surface area contributed by atoms with E-state index in [9.17, 15) is 9.59 Å². The number of amides is 2. The molecule has 2 amide bonds. The predicted molar refractivity (Wildman–Crippen MR) is 73.2 cm³/mol. The molecule has 1 saturated carbocycles. The predicted octanol–water partition coefficient (Wildman–Crippen LogP) is 1.46. The second-order valence-electron chi connectivity index (χ2n) is 5.32. The van der Waals surface area contributed by atoms with Crippen LogP contribution in [0.2, 0.25) is 0 Å². The highest BCUT2D eigenvalue weighted by atomic mass is 16.2. The van der Waals surface area contributed by atoms with E-state index in [1.807, 2.05) is 44.2 Å². The zero-order valence-electron chi connectivity index (χ0n) is 11.3. The molecule has 0 bridgehead atoms. The number of benzene rings is 1. The van der Waals surface area contributed by atoms with Gasteiger partial charge in [-0.05, 0) is 25.8 Å². The summed E-state index contributed by atoms with van der Waals surface area (Å²) < 4.78 is 0. The van der Waals surface area contributed by atoms with Gasteiger partial charge in [-0.2, -0.15) is 0 Å². The van der Waals surface area contributed by atoms with Crippen LogP contribution in [0.15, 0.2) is 30.3 Å². The van der Waals surface area contributed by atoms with Gasteiger partial charge in [0.2, 0.25) is 11.8 Å². The highest BCUT2D eigenvalue weighted by Crippen LogP contribution is 2.38. The molecule has 0 spiro atoms. The van der Waals surface area contributed by atoms with Crippen LogP contribution in [-0.2, 0) is 16.1 Å². The molecule has 0 radical (unpaired) electrons. The summed E-state index contributed by atoms with van der Waals surface area (Å²) in [5.41, 5.74) is 1.07. The Morgan fingerprint density at radius 1 is 1.16 bits per heavy atom. The average Bonchev–Trinajstić information content (AvgIpc) is 3.17. The largest absolute Gasteiger partial charge is 0.354 e. The molecule has 102 valence electrons. The minimum atomic E-state index is -0.150. The van der Waals surface area contributed by atoms with Crippen molar-refractivity contribution < 1.29 is 9.59 Å². The third-order valence-electron chi connectivity index (χ3n) is 3.20. The van der Waals surface area contributed by atoms with Gasteiger partial charge in [-0.1, -0.05) is 30.3 Å². The summed E-state index contributed by atoms with van der Waals surface area (Å²) >= 11 is 0. The van der Waals surface area contributed by atoms with Crippen molar-refractivity contribution in [1.82, 2.24) is 10.6 Å². The maximum absolute atomic E-state index is 11.9. The molecule has 0 aliphatic heterocycles. The maximum atomic E-state index is 11.9. The van der Waals surface area contributed by atoms with Crippen molar-refractivity contribution in [3.8, 4) is 0 Å². The lowest BCUT2D eigenvalue weighted by Crippen LogP contribution is -2.33. The maximum Gasteiger partial charge on any atom is 0.224 e. The van der Waals surface area contributed by atoms with E-state index < -0.39 is 0 Å². The van der Waals surface area contributed by atoms with Gasteiger partial charge in [0.25, 0.3) is 0 Å². The van der Waals surface area contributed by atoms with Crippen LogP contribution < -0.4 is 10.6 Å². The first-order chi connectivity index (χ1) is 9.08. The van der Waals surface area contributed by atoms with E-state index in [0.717, 1.165) is 5.56 Å². The molecule has 2 N–H and O–H groups in total. The van der Waals surface area contributed by atoms with Gasteiger partial charge in [0.15, 0.2) is 0 Å². The minimum absolute atomic E-state index is 0.00476. The van der Waals surface area contributed by atoms with Crippen LogP contribution in [0.5, 0.6) is 0 Å². The second kappa shape index (κ2) is 5.87. The van der Waals surface area contributed by atoms with E-state index in [4.69, 9.17) is 0 Å². The van der Waals surface area contributed by atoms with Gasteiger partial charge in [-0.3, -0.25) is 9.59 Å². The molecule has 1 aliphatic rings. The Labute approximate surface area is 113 Å². The van der Waals surface area contributed by atoms with E-state index >= 15 is 0 Å². The van der Waals surface area contributed by atoms with Crippen LogP contribution in [0.4, 0.5) is 0 Å². The summed E-state index contributed by atoms with van der Waals surface area (Å²) in [7, 11) is 0. The average molecular weight is 260 g/mol. The van der Waals surface area contributed by atoms with Gasteiger partial charge < -0.3 is 10.6 Å². The summed E-state index contributed by atoms with van der Waals surface area (Å²) in [6.07, 6.45) is 0.666. The molecule has 2 atom stereocenters. The SMILES string of the molecule is CC(C)NC(=O)C1CC1C(=O)NCc1ccccc1. The monoisotopic (exact) mass is 260 g/mol. The quantitative estimate of drug-likeness (QED) is 0.842. The summed E-state index contributed by atoms with van der Waals surface area (Å²) in [5.74, 6) is -0.316. The van der Waals surface area contributed by atoms with E-state index in [1.54, 1.807) is 0 Å². The number of carbonyl (C=O) groups excluding carboxylic acids is 2. The van der Waals surface area contributed by atoms with Crippen molar-refractivity contribution in [3.05, 3.63) is 35.9 Å². The summed E-state index contributed by atoms with van der Waals surface area (Å²) in [4.78, 5) is 23.6. The Morgan fingerprint density at radius 3 is 2.42 bits per heavy atom. The molecule has 1 fully saturated rings. The van der Waals surface area contributed by atoms with Crippen molar-refractivity contribution in [2.45, 2.75) is 32.9 Å². The zero-order chi connectivity index (χ0) is 13.8. The number of hydrogen-bond donors (Lipinski definition) is 2. The molecule has 2 rings (SSSR count). The molecule has 19 heavy (non-hydrogen) atoms. The lowest BCUT2D eigenvalue weighted by atomic mass is 10.2. The first kappa shape index (κ1) is 13.6. The van der Waals surface area contributed by atoms with E-state index in [0.29, 0.717) is 13.0 Å². The zero-order valence-corrected chi connectivity index (χ0v) is 11.3. The number of nitrogens with one attached hydrogen (secondary N) is 2. The Hall–Kier alpha value is -1.84. The second-order valence-corrected chi connectivity index (χ2v) is 5.32. The highest BCUT2D eigenvalue weighted by Gasteiger charge is 2.47. The van der Waals surface area contributed by atoms with Crippen LogP contribution in [0.3, 0.4) is 0 Å². The highest BCUT2D eigenvalue weighted by molar-refractivity contribution is 5.92. The molecule has 0 heterocycles. The molecule has 2 unspecified atom stereocenters. The number of hydrogen-bond acceptors (Lipinski definition) is 2. The van der Waals surface area contributed by atoms with Crippen molar-refractivity contribution in [3.63, 3.8) is 0 Å². The Balaban J connectivity index is 1.76. The fraction of sp³-hybridized carbons (Fsp3) is 0.467. The molecular weight excluding hydrogens is 240 g/mol. The Bertz CT molecular complexity index is 456. The lowest BCUT2D eigenvalue weighted by Gasteiger charge is -2.08. The standard InChI is InChI=1S/C15H20N2O2/c1-10(2)17-15(19)13-8-12(13)14(18)16-9-11-6-4-3-5-7-11/h3-7,10,12-13H,8-9H2,1-2H3,(H,16,18)(H,17,19). The fourth-order valence-electron chi connectivity index (χ4n) is 2.08. The van der Waals surface area contributed by atoms with Gasteiger partial charge in [0, 0.05) is 12.6 Å². The number of carbonyl (C=O) groups is 2. The lowest BCUT2D eigenvalue weighted by molar-refractivity contribution is -0.127. The normalized spacial score (nSPS) is 21.0. The van der Waals surface area contributed by atoms with E-state index in [-0.39, 0.29) is 29.7 Å². The minimum Gasteiger partial charge on any atom is -0.354 e. The fourth-order valence-corrected chi connectivity index (χ4v) is 2.08. The molecule has 1 aromatic rings. The van der Waals surface area contributed by atoms with E-state index in [2.05, 4.69) is 10.6 Å². The van der Waals surface area contributed by atoms with Crippen LogP contribution in [0.25, 0.3) is 0 Å². The first-order valence-electron chi connectivity index (χ1n) is 6.70. The third-order valence-corrected chi connectivity index (χ3v) is 3.20. The first-order valence-corrected chi connectivity index (χ1v) is 6.70. The van der Waals surface area contributed by atoms with Crippen LogP contribution in [0, 0.1) is 11.8 Å². The molecule has 1 aliphatic carbocycles. The number of rotatable bonds is 5. The smallest absolute Gasteiger partial charge is 0.224 e. The van der Waals surface area contributed by atoms with Gasteiger partial charge >= 0.3 is 0 Å². The van der Waals surface area contributed by atoms with Crippen molar-refractivity contribution in [1.29, 1.82) is 0 Å². The summed E-state index contributed by atoms with van der Waals surface area (Å²) in [5, 5.41) is 5.72. The molecule has 1 aromatic carbocycles. The molecule has 4 nitrogen and oxygen atoms in total. The van der Waals surface area contributed by atoms with Gasteiger partial charge in [0.05, 0.1) is 11.8 Å². The summed E-state index contributed by atoms with van der Waals surface area (Å²) in [6, 6.07) is 9.89. The van der Waals surface area contributed by atoms with Crippen molar-refractivity contribution >= 4 is 11.8 Å². The summed E-state index contributed by atoms with van der Waals surface area (Å²) in [6.45, 7) is 4.37. The van der Waals surface area contributed by atoms with E-state index in [1.165, 1.54) is 0 Å². The van der Waals surface area contributed by atoms with Gasteiger partial charge in [-0.15, -0.1) is 0 Å².